The summed E-state index contributed by atoms with van der Waals surface area (Å²) < 4.78 is 34.8. The molecule has 4 rings (SSSR count). The second kappa shape index (κ2) is 18.0. The molecular formula is C37H44O8. The van der Waals surface area contributed by atoms with Crippen LogP contribution in [-0.2, 0) is 37.0 Å². The maximum absolute atomic E-state index is 13.0. The largest absolute Gasteiger partial charge is 0.489 e. The van der Waals surface area contributed by atoms with Crippen molar-refractivity contribution in [2.75, 3.05) is 20.3 Å². The molecule has 1 heterocycles. The van der Waals surface area contributed by atoms with E-state index in [1.807, 2.05) is 85.8 Å². The van der Waals surface area contributed by atoms with Gasteiger partial charge in [0.05, 0.1) is 38.6 Å². The molecule has 1 saturated heterocycles. The highest BCUT2D eigenvalue weighted by atomic mass is 16.6. The SMILES string of the molecule is COC(=O)c1c(C=CCCCC2OCCOC2CC[C@@H](C)OC(C)=O)cc(OCc2ccccc2)cc1OCc1ccccc1. The summed E-state index contributed by atoms with van der Waals surface area (Å²) in [6, 6.07) is 23.3. The molecule has 3 aromatic rings. The van der Waals surface area contributed by atoms with Crippen LogP contribution in [0, 0.1) is 0 Å². The van der Waals surface area contributed by atoms with Crippen molar-refractivity contribution in [2.24, 2.45) is 0 Å². The van der Waals surface area contributed by atoms with Crippen molar-refractivity contribution >= 4 is 18.0 Å². The third kappa shape index (κ3) is 11.1. The van der Waals surface area contributed by atoms with Gasteiger partial charge >= 0.3 is 11.9 Å². The molecule has 0 bridgehead atoms. The van der Waals surface area contributed by atoms with Crippen molar-refractivity contribution in [2.45, 2.75) is 77.5 Å². The summed E-state index contributed by atoms with van der Waals surface area (Å²) in [4.78, 5) is 24.3. The highest BCUT2D eigenvalue weighted by Crippen LogP contribution is 2.32. The molecule has 3 aromatic carbocycles. The summed E-state index contributed by atoms with van der Waals surface area (Å²) in [6.45, 7) is 5.13. The summed E-state index contributed by atoms with van der Waals surface area (Å²) in [5.41, 5.74) is 3.02. The first-order valence-corrected chi connectivity index (χ1v) is 15.6. The maximum atomic E-state index is 13.0. The minimum absolute atomic E-state index is 0.0185. The molecule has 0 N–H and O–H groups in total. The Morgan fingerprint density at radius 2 is 1.51 bits per heavy atom. The van der Waals surface area contributed by atoms with Gasteiger partial charge in [-0.1, -0.05) is 72.8 Å². The van der Waals surface area contributed by atoms with E-state index in [-0.39, 0.29) is 24.3 Å². The quantitative estimate of drug-likeness (QED) is 0.122. The highest BCUT2D eigenvalue weighted by Gasteiger charge is 2.27. The first-order valence-electron chi connectivity index (χ1n) is 15.6. The lowest BCUT2D eigenvalue weighted by Crippen LogP contribution is -2.39. The highest BCUT2D eigenvalue weighted by molar-refractivity contribution is 5.97. The smallest absolute Gasteiger partial charge is 0.342 e. The van der Waals surface area contributed by atoms with Gasteiger partial charge < -0.3 is 28.4 Å². The molecule has 1 aliphatic heterocycles. The third-order valence-electron chi connectivity index (χ3n) is 7.52. The summed E-state index contributed by atoms with van der Waals surface area (Å²) in [6.07, 6.45) is 7.71. The van der Waals surface area contributed by atoms with Gasteiger partial charge in [-0.25, -0.2) is 4.79 Å². The number of hydrogen-bond donors (Lipinski definition) is 0. The Morgan fingerprint density at radius 3 is 2.13 bits per heavy atom. The lowest BCUT2D eigenvalue weighted by atomic mass is 9.99. The Bertz CT molecular complexity index is 1370. The fourth-order valence-electron chi connectivity index (χ4n) is 5.28. The predicted molar refractivity (Wildman–Crippen MR) is 172 cm³/mol. The number of rotatable bonds is 16. The Balaban J connectivity index is 1.45. The van der Waals surface area contributed by atoms with Gasteiger partial charge in [0.2, 0.25) is 0 Å². The van der Waals surface area contributed by atoms with E-state index in [4.69, 9.17) is 28.4 Å². The number of methoxy groups -OCH3 is 1. The monoisotopic (exact) mass is 616 g/mol. The topological polar surface area (TPSA) is 89.5 Å². The minimum atomic E-state index is -0.481. The molecular weight excluding hydrogens is 572 g/mol. The first kappa shape index (κ1) is 33.7. The van der Waals surface area contributed by atoms with Gasteiger partial charge in [0.25, 0.3) is 0 Å². The number of allylic oxidation sites excluding steroid dienone is 1. The van der Waals surface area contributed by atoms with Gasteiger partial charge in [0.1, 0.15) is 30.3 Å². The normalized spacial score (nSPS) is 17.0. The number of carbonyl (C=O) groups excluding carboxylic acids is 2. The van der Waals surface area contributed by atoms with Gasteiger partial charge in [0, 0.05) is 13.0 Å². The van der Waals surface area contributed by atoms with E-state index in [2.05, 4.69) is 0 Å². The second-order valence-corrected chi connectivity index (χ2v) is 11.1. The van der Waals surface area contributed by atoms with Crippen LogP contribution in [0.1, 0.15) is 73.0 Å². The summed E-state index contributed by atoms with van der Waals surface area (Å²) in [5.74, 6) is 0.235. The van der Waals surface area contributed by atoms with Crippen LogP contribution in [0.2, 0.25) is 0 Å². The number of hydrogen-bond acceptors (Lipinski definition) is 8. The lowest BCUT2D eigenvalue weighted by Gasteiger charge is -2.32. The van der Waals surface area contributed by atoms with E-state index in [0.717, 1.165) is 43.2 Å². The molecule has 2 unspecified atom stereocenters. The van der Waals surface area contributed by atoms with Crippen LogP contribution in [0.4, 0.5) is 0 Å². The van der Waals surface area contributed by atoms with Crippen LogP contribution < -0.4 is 9.47 Å². The minimum Gasteiger partial charge on any atom is -0.489 e. The number of benzene rings is 3. The number of esters is 2. The van der Waals surface area contributed by atoms with Gasteiger partial charge in [-0.3, -0.25) is 4.79 Å². The molecule has 0 saturated carbocycles. The van der Waals surface area contributed by atoms with Gasteiger partial charge in [-0.15, -0.1) is 0 Å². The molecule has 3 atom stereocenters. The molecule has 240 valence electrons. The third-order valence-corrected chi connectivity index (χ3v) is 7.52. The molecule has 45 heavy (non-hydrogen) atoms. The fraction of sp³-hybridized carbons (Fsp3) is 0.405. The van der Waals surface area contributed by atoms with Crippen LogP contribution in [0.3, 0.4) is 0 Å². The molecule has 1 fully saturated rings. The average Bonchev–Trinajstić information content (AvgIpc) is 3.06. The Hall–Kier alpha value is -4.14. The van der Waals surface area contributed by atoms with E-state index in [0.29, 0.717) is 49.1 Å². The van der Waals surface area contributed by atoms with E-state index >= 15 is 0 Å². The zero-order chi connectivity index (χ0) is 31.9. The van der Waals surface area contributed by atoms with Gasteiger partial charge in [0.15, 0.2) is 0 Å². The van der Waals surface area contributed by atoms with E-state index in [1.165, 1.54) is 14.0 Å². The van der Waals surface area contributed by atoms with Crippen LogP contribution in [0.5, 0.6) is 11.5 Å². The van der Waals surface area contributed by atoms with Crippen molar-refractivity contribution < 1.29 is 38.0 Å². The lowest BCUT2D eigenvalue weighted by molar-refractivity contribution is -0.153. The molecule has 0 aromatic heterocycles. The van der Waals surface area contributed by atoms with Crippen LogP contribution >= 0.6 is 0 Å². The van der Waals surface area contributed by atoms with E-state index < -0.39 is 5.97 Å². The van der Waals surface area contributed by atoms with Gasteiger partial charge in [-0.2, -0.15) is 0 Å². The Kier molecular flexibility index (Phi) is 13.5. The molecule has 0 aliphatic carbocycles. The van der Waals surface area contributed by atoms with Crippen LogP contribution in [-0.4, -0.2) is 50.6 Å². The number of carbonyl (C=O) groups is 2. The van der Waals surface area contributed by atoms with Crippen molar-refractivity contribution in [3.8, 4) is 11.5 Å². The summed E-state index contributed by atoms with van der Waals surface area (Å²) >= 11 is 0. The standard InChI is InChI=1S/C37H44O8/c1-27(45-28(2)38)19-20-34-33(41-21-22-42-34)18-12-6-11-17-31-23-32(43-25-29-13-7-4-8-14-29)24-35(36(31)37(39)40-3)44-26-30-15-9-5-10-16-30/h4-5,7-11,13-17,23-24,27,33-34H,6,12,18-22,25-26H2,1-3H3/t27-,33?,34?/m1/s1. The Morgan fingerprint density at radius 1 is 0.889 bits per heavy atom. The zero-order valence-electron chi connectivity index (χ0n) is 26.4. The average molecular weight is 617 g/mol. The van der Waals surface area contributed by atoms with E-state index in [9.17, 15) is 9.59 Å². The summed E-state index contributed by atoms with van der Waals surface area (Å²) in [7, 11) is 1.37. The molecule has 8 nitrogen and oxygen atoms in total. The van der Waals surface area contributed by atoms with Crippen molar-refractivity contribution in [1.29, 1.82) is 0 Å². The molecule has 8 heteroatoms. The van der Waals surface area contributed by atoms with E-state index in [1.54, 1.807) is 6.07 Å². The maximum Gasteiger partial charge on any atom is 0.342 e. The molecule has 1 aliphatic rings. The van der Waals surface area contributed by atoms with Crippen LogP contribution in [0.15, 0.2) is 78.9 Å². The molecule has 0 spiro atoms. The predicted octanol–water partition coefficient (Wildman–Crippen LogP) is 7.33. The second-order valence-electron chi connectivity index (χ2n) is 11.1. The fourth-order valence-corrected chi connectivity index (χ4v) is 5.28. The van der Waals surface area contributed by atoms with Gasteiger partial charge in [-0.05, 0) is 61.8 Å². The van der Waals surface area contributed by atoms with Crippen molar-refractivity contribution in [3.05, 3.63) is 101 Å². The molecule has 0 amide bonds. The zero-order valence-corrected chi connectivity index (χ0v) is 26.4. The van der Waals surface area contributed by atoms with Crippen molar-refractivity contribution in [3.63, 3.8) is 0 Å². The number of ether oxygens (including phenoxy) is 6. The Labute approximate surface area is 266 Å². The number of unbranched alkanes of at least 4 members (excludes halogenated alkanes) is 1. The molecule has 0 radical (unpaired) electrons. The van der Waals surface area contributed by atoms with Crippen LogP contribution in [0.25, 0.3) is 6.08 Å². The first-order chi connectivity index (χ1) is 21.9. The van der Waals surface area contributed by atoms with Crippen molar-refractivity contribution in [1.82, 2.24) is 0 Å². The summed E-state index contributed by atoms with van der Waals surface area (Å²) in [5, 5.41) is 0.